The second-order valence-electron chi connectivity index (χ2n) is 3.31. The van der Waals surface area contributed by atoms with Crippen molar-refractivity contribution >= 4 is 23.1 Å². The minimum atomic E-state index is -0.637. The number of methoxy groups -OCH3 is 1. The summed E-state index contributed by atoms with van der Waals surface area (Å²) in [5.41, 5.74) is 0.132. The molecule has 1 heterocycles. The molecule has 0 fully saturated rings. The molecule has 0 unspecified atom stereocenters. The third kappa shape index (κ3) is 2.08. The number of rotatable bonds is 2. The van der Waals surface area contributed by atoms with E-state index in [1.807, 2.05) is 0 Å². The van der Waals surface area contributed by atoms with Gasteiger partial charge in [-0.3, -0.25) is 9.59 Å². The quantitative estimate of drug-likeness (QED) is 0.565. The number of allylic oxidation sites excluding steroid dienone is 4. The molecule has 0 atom stereocenters. The van der Waals surface area contributed by atoms with Crippen LogP contribution in [0.15, 0.2) is 34.8 Å². The van der Waals surface area contributed by atoms with E-state index >= 15 is 0 Å². The van der Waals surface area contributed by atoms with Crippen molar-refractivity contribution < 1.29 is 23.5 Å². The molecule has 0 saturated heterocycles. The van der Waals surface area contributed by atoms with E-state index in [0.717, 1.165) is 6.08 Å². The Kier molecular flexibility index (Phi) is 2.74. The van der Waals surface area contributed by atoms with Gasteiger partial charge in [-0.05, 0) is 24.3 Å². The number of furan rings is 1. The lowest BCUT2D eigenvalue weighted by Gasteiger charge is -2.02. The number of hydrogen-bond donors (Lipinski definition) is 0. The van der Waals surface area contributed by atoms with Crippen molar-refractivity contribution in [1.82, 2.24) is 0 Å². The molecule has 1 aromatic heterocycles. The van der Waals surface area contributed by atoms with Crippen LogP contribution in [0.3, 0.4) is 0 Å². The lowest BCUT2D eigenvalue weighted by atomic mass is 10.0. The Morgan fingerprint density at radius 1 is 1.24 bits per heavy atom. The summed E-state index contributed by atoms with van der Waals surface area (Å²) in [5.74, 6) is -1.11. The van der Waals surface area contributed by atoms with Crippen LogP contribution in [0, 0.1) is 0 Å². The largest absolute Gasteiger partial charge is 0.463 e. The first-order chi connectivity index (χ1) is 8.11. The molecule has 0 N–H and O–H groups in total. The number of ether oxygens (including phenoxy) is 1. The molecule has 0 amide bonds. The Labute approximate surface area is 96.4 Å². The third-order valence-electron chi connectivity index (χ3n) is 2.21. The molecule has 0 radical (unpaired) electrons. The van der Waals surface area contributed by atoms with Crippen molar-refractivity contribution in [3.8, 4) is 0 Å². The second kappa shape index (κ2) is 4.21. The number of carbonyl (C=O) groups excluding carboxylic acids is 3. The minimum Gasteiger partial charge on any atom is -0.463 e. The van der Waals surface area contributed by atoms with Gasteiger partial charge < -0.3 is 9.15 Å². The van der Waals surface area contributed by atoms with E-state index in [1.54, 1.807) is 0 Å². The Hall–Kier alpha value is -2.43. The highest BCUT2D eigenvalue weighted by Gasteiger charge is 2.20. The van der Waals surface area contributed by atoms with E-state index in [9.17, 15) is 14.4 Å². The smallest absolute Gasteiger partial charge is 0.373 e. The molecule has 5 heteroatoms. The summed E-state index contributed by atoms with van der Waals surface area (Å²) in [6.07, 6.45) is 3.51. The van der Waals surface area contributed by atoms with Crippen molar-refractivity contribution in [3.05, 3.63) is 41.9 Å². The summed E-state index contributed by atoms with van der Waals surface area (Å²) in [6, 6.07) is 2.83. The molecule has 1 aromatic rings. The van der Waals surface area contributed by atoms with Gasteiger partial charge in [-0.25, -0.2) is 4.79 Å². The molecule has 0 saturated carbocycles. The average molecular weight is 232 g/mol. The number of esters is 1. The highest BCUT2D eigenvalue weighted by molar-refractivity contribution is 6.33. The van der Waals surface area contributed by atoms with Gasteiger partial charge in [0.2, 0.25) is 5.76 Å². The summed E-state index contributed by atoms with van der Waals surface area (Å²) in [7, 11) is 1.22. The zero-order valence-corrected chi connectivity index (χ0v) is 8.93. The van der Waals surface area contributed by atoms with E-state index < -0.39 is 5.97 Å². The van der Waals surface area contributed by atoms with Crippen LogP contribution in [-0.4, -0.2) is 24.6 Å². The van der Waals surface area contributed by atoms with Crippen molar-refractivity contribution in [2.75, 3.05) is 7.11 Å². The van der Waals surface area contributed by atoms with E-state index in [2.05, 4.69) is 4.74 Å². The zero-order valence-electron chi connectivity index (χ0n) is 8.93. The van der Waals surface area contributed by atoms with Crippen LogP contribution in [0.5, 0.6) is 0 Å². The molecule has 1 aliphatic carbocycles. The molecule has 0 bridgehead atoms. The second-order valence-corrected chi connectivity index (χ2v) is 3.31. The molecule has 5 nitrogen and oxygen atoms in total. The van der Waals surface area contributed by atoms with Crippen molar-refractivity contribution in [1.29, 1.82) is 0 Å². The predicted octanol–water partition coefficient (Wildman–Crippen LogP) is 1.16. The fourth-order valence-electron chi connectivity index (χ4n) is 1.39. The topological polar surface area (TPSA) is 73.6 Å². The Balaban J connectivity index is 2.35. The number of hydrogen-bond acceptors (Lipinski definition) is 5. The summed E-state index contributed by atoms with van der Waals surface area (Å²) in [4.78, 5) is 33.8. The fraction of sp³-hybridized carbons (Fsp3) is 0.0833. The Morgan fingerprint density at radius 2 is 2.00 bits per heavy atom. The van der Waals surface area contributed by atoms with Gasteiger partial charge in [0.05, 0.1) is 12.7 Å². The Bertz CT molecular complexity index is 559. The maximum Gasteiger partial charge on any atom is 0.373 e. The maximum atomic E-state index is 11.5. The standard InChI is InChI=1S/C12H8O5/c1-16-12(15)11-5-4-10(17-11)8-6-7(13)2-3-9(8)14/h2-6H,1H3. The van der Waals surface area contributed by atoms with Crippen LogP contribution in [0.4, 0.5) is 0 Å². The molecule has 86 valence electrons. The van der Waals surface area contributed by atoms with Gasteiger partial charge in [0.25, 0.3) is 0 Å². The van der Waals surface area contributed by atoms with E-state index in [4.69, 9.17) is 4.42 Å². The van der Waals surface area contributed by atoms with Crippen molar-refractivity contribution in [2.45, 2.75) is 0 Å². The van der Waals surface area contributed by atoms with Crippen molar-refractivity contribution in [2.24, 2.45) is 0 Å². The van der Waals surface area contributed by atoms with Gasteiger partial charge in [-0.2, -0.15) is 0 Å². The van der Waals surface area contributed by atoms with Crippen LogP contribution in [0.25, 0.3) is 5.57 Å². The molecule has 0 aliphatic heterocycles. The van der Waals surface area contributed by atoms with Crippen LogP contribution < -0.4 is 0 Å². The maximum absolute atomic E-state index is 11.5. The minimum absolute atomic E-state index is 0.0156. The summed E-state index contributed by atoms with van der Waals surface area (Å²) < 4.78 is 9.61. The molecule has 2 rings (SSSR count). The predicted molar refractivity (Wildman–Crippen MR) is 57.2 cm³/mol. The number of ketones is 2. The van der Waals surface area contributed by atoms with Crippen LogP contribution in [0.2, 0.25) is 0 Å². The first-order valence-electron chi connectivity index (χ1n) is 4.78. The van der Waals surface area contributed by atoms with Crippen molar-refractivity contribution in [3.63, 3.8) is 0 Å². The highest BCUT2D eigenvalue weighted by atomic mass is 16.5. The highest BCUT2D eigenvalue weighted by Crippen LogP contribution is 2.21. The molecule has 17 heavy (non-hydrogen) atoms. The van der Waals surface area contributed by atoms with Gasteiger partial charge in [-0.15, -0.1) is 0 Å². The SMILES string of the molecule is COC(=O)c1ccc(C2=CC(=O)C=CC2=O)o1. The molecular formula is C12H8O5. The normalized spacial score (nSPS) is 14.8. The molecule has 1 aliphatic rings. The van der Waals surface area contributed by atoms with Crippen LogP contribution in [-0.2, 0) is 14.3 Å². The molecule has 0 spiro atoms. The summed E-state index contributed by atoms with van der Waals surface area (Å²) >= 11 is 0. The van der Waals surface area contributed by atoms with Gasteiger partial charge in [-0.1, -0.05) is 0 Å². The lowest BCUT2D eigenvalue weighted by Crippen LogP contribution is -2.06. The van der Waals surface area contributed by atoms with Gasteiger partial charge in [0, 0.05) is 6.08 Å². The first kappa shape index (κ1) is 11.1. The zero-order chi connectivity index (χ0) is 12.4. The van der Waals surface area contributed by atoms with Gasteiger partial charge in [0.1, 0.15) is 5.76 Å². The lowest BCUT2D eigenvalue weighted by molar-refractivity contribution is -0.113. The van der Waals surface area contributed by atoms with E-state index in [1.165, 1.54) is 31.4 Å². The Morgan fingerprint density at radius 3 is 2.71 bits per heavy atom. The monoisotopic (exact) mass is 232 g/mol. The third-order valence-corrected chi connectivity index (χ3v) is 2.21. The average Bonchev–Trinajstić information content (AvgIpc) is 2.80. The van der Waals surface area contributed by atoms with Crippen LogP contribution in [0.1, 0.15) is 16.3 Å². The van der Waals surface area contributed by atoms with Gasteiger partial charge in [0.15, 0.2) is 11.6 Å². The number of carbonyl (C=O) groups is 3. The molecular weight excluding hydrogens is 224 g/mol. The van der Waals surface area contributed by atoms with Crippen LogP contribution >= 0.6 is 0 Å². The van der Waals surface area contributed by atoms with E-state index in [0.29, 0.717) is 0 Å². The fourth-order valence-corrected chi connectivity index (χ4v) is 1.39. The van der Waals surface area contributed by atoms with Gasteiger partial charge >= 0.3 is 5.97 Å². The van der Waals surface area contributed by atoms with E-state index in [-0.39, 0.29) is 28.7 Å². The molecule has 0 aromatic carbocycles. The summed E-state index contributed by atoms with van der Waals surface area (Å²) in [5, 5.41) is 0. The first-order valence-corrected chi connectivity index (χ1v) is 4.78. The summed E-state index contributed by atoms with van der Waals surface area (Å²) in [6.45, 7) is 0.